The number of nitriles is 1. The number of benzene rings is 2. The Balaban J connectivity index is 1.91. The summed E-state index contributed by atoms with van der Waals surface area (Å²) in [5.41, 5.74) is 2.47. The number of allylic oxidation sites excluding steroid dienone is 1. The standard InChI is InChI=1S/C21H14N2O5/c1-13-10-15(21(24)25)4-8-19(13)20-9-7-18(28-20)11-16(12-22)14-2-5-17(6-3-14)23(26)27/h2-11H,1H3,(H,24,25). The zero-order chi connectivity index (χ0) is 20.3. The largest absolute Gasteiger partial charge is 0.478 e. The number of nitro groups is 1. The minimum Gasteiger partial charge on any atom is -0.478 e. The molecule has 0 fully saturated rings. The number of nitrogens with zero attached hydrogens (tertiary/aromatic N) is 2. The van der Waals surface area contributed by atoms with Gasteiger partial charge in [0.1, 0.15) is 11.5 Å². The first-order valence-corrected chi connectivity index (χ1v) is 8.20. The van der Waals surface area contributed by atoms with Crippen molar-refractivity contribution in [3.05, 3.63) is 87.2 Å². The molecule has 0 aliphatic rings. The number of furan rings is 1. The number of non-ortho nitro benzene ring substituents is 1. The van der Waals surface area contributed by atoms with Crippen LogP contribution in [0.5, 0.6) is 0 Å². The lowest BCUT2D eigenvalue weighted by Crippen LogP contribution is -1.96. The summed E-state index contributed by atoms with van der Waals surface area (Å²) in [5, 5.41) is 29.2. The lowest BCUT2D eigenvalue weighted by atomic mass is 10.0. The van der Waals surface area contributed by atoms with Crippen molar-refractivity contribution in [1.29, 1.82) is 5.26 Å². The highest BCUT2D eigenvalue weighted by molar-refractivity contribution is 5.90. The predicted molar refractivity (Wildman–Crippen MR) is 102 cm³/mol. The third kappa shape index (κ3) is 3.81. The molecule has 0 radical (unpaired) electrons. The minimum atomic E-state index is -1.00. The van der Waals surface area contributed by atoms with E-state index in [1.807, 2.05) is 0 Å². The summed E-state index contributed by atoms with van der Waals surface area (Å²) in [4.78, 5) is 21.3. The van der Waals surface area contributed by atoms with Crippen LogP contribution in [0.3, 0.4) is 0 Å². The van der Waals surface area contributed by atoms with Crippen LogP contribution in [-0.4, -0.2) is 16.0 Å². The van der Waals surface area contributed by atoms with E-state index in [-0.39, 0.29) is 11.3 Å². The van der Waals surface area contributed by atoms with E-state index in [1.165, 1.54) is 30.3 Å². The van der Waals surface area contributed by atoms with E-state index in [0.29, 0.717) is 22.7 Å². The highest BCUT2D eigenvalue weighted by atomic mass is 16.6. The quantitative estimate of drug-likeness (QED) is 0.384. The number of carboxylic acids is 1. The van der Waals surface area contributed by atoms with E-state index < -0.39 is 10.9 Å². The van der Waals surface area contributed by atoms with E-state index in [1.54, 1.807) is 37.3 Å². The molecule has 7 heteroatoms. The van der Waals surface area contributed by atoms with Crippen LogP contribution in [0, 0.1) is 28.4 Å². The number of aryl methyl sites for hydroxylation is 1. The number of carbonyl (C=O) groups is 1. The Bertz CT molecular complexity index is 1130. The first-order chi connectivity index (χ1) is 13.4. The number of aromatic carboxylic acids is 1. The van der Waals surface area contributed by atoms with Crippen molar-refractivity contribution in [2.24, 2.45) is 0 Å². The third-order valence-corrected chi connectivity index (χ3v) is 4.16. The van der Waals surface area contributed by atoms with Crippen LogP contribution in [-0.2, 0) is 0 Å². The zero-order valence-electron chi connectivity index (χ0n) is 14.7. The van der Waals surface area contributed by atoms with Crippen LogP contribution >= 0.6 is 0 Å². The number of hydrogen-bond acceptors (Lipinski definition) is 5. The van der Waals surface area contributed by atoms with Crippen molar-refractivity contribution in [2.45, 2.75) is 6.92 Å². The zero-order valence-corrected chi connectivity index (χ0v) is 14.7. The lowest BCUT2D eigenvalue weighted by Gasteiger charge is -2.04. The van der Waals surface area contributed by atoms with E-state index >= 15 is 0 Å². The highest BCUT2D eigenvalue weighted by Gasteiger charge is 2.12. The van der Waals surface area contributed by atoms with Crippen LogP contribution in [0.4, 0.5) is 5.69 Å². The van der Waals surface area contributed by atoms with Gasteiger partial charge in [0, 0.05) is 17.7 Å². The van der Waals surface area contributed by atoms with Crippen molar-refractivity contribution in [3.8, 4) is 17.4 Å². The second-order valence-electron chi connectivity index (χ2n) is 6.01. The van der Waals surface area contributed by atoms with Crippen LogP contribution in [0.25, 0.3) is 23.0 Å². The molecule has 3 aromatic rings. The number of carboxylic acid groups (broad SMARTS) is 1. The molecule has 0 aliphatic carbocycles. The molecule has 0 aliphatic heterocycles. The summed E-state index contributed by atoms with van der Waals surface area (Å²) in [5.74, 6) is -0.0206. The monoisotopic (exact) mass is 374 g/mol. The molecule has 1 heterocycles. The first kappa shape index (κ1) is 18.6. The van der Waals surface area contributed by atoms with Crippen molar-refractivity contribution in [2.75, 3.05) is 0 Å². The van der Waals surface area contributed by atoms with Gasteiger partial charge in [-0.1, -0.05) is 6.07 Å². The summed E-state index contributed by atoms with van der Waals surface area (Å²) >= 11 is 0. The summed E-state index contributed by atoms with van der Waals surface area (Å²) in [6.07, 6.45) is 1.55. The fourth-order valence-corrected chi connectivity index (χ4v) is 2.73. The number of hydrogen-bond donors (Lipinski definition) is 1. The maximum atomic E-state index is 11.1. The average molecular weight is 374 g/mol. The Morgan fingerprint density at radius 2 is 1.82 bits per heavy atom. The van der Waals surface area contributed by atoms with E-state index in [9.17, 15) is 20.2 Å². The van der Waals surface area contributed by atoms with E-state index in [0.717, 1.165) is 11.1 Å². The topological polar surface area (TPSA) is 117 Å². The molecular weight excluding hydrogens is 360 g/mol. The summed E-state index contributed by atoms with van der Waals surface area (Å²) in [7, 11) is 0. The van der Waals surface area contributed by atoms with Gasteiger partial charge in [-0.2, -0.15) is 5.26 Å². The van der Waals surface area contributed by atoms with Gasteiger partial charge in [0.05, 0.1) is 22.1 Å². The molecule has 0 spiro atoms. The van der Waals surface area contributed by atoms with E-state index in [2.05, 4.69) is 6.07 Å². The molecule has 0 amide bonds. The molecule has 138 valence electrons. The second-order valence-corrected chi connectivity index (χ2v) is 6.01. The predicted octanol–water partition coefficient (Wildman–Crippen LogP) is 4.93. The first-order valence-electron chi connectivity index (χ1n) is 8.20. The average Bonchev–Trinajstić information content (AvgIpc) is 3.14. The Morgan fingerprint density at radius 3 is 2.39 bits per heavy atom. The summed E-state index contributed by atoms with van der Waals surface area (Å²) in [6.45, 7) is 1.79. The van der Waals surface area contributed by atoms with Gasteiger partial charge in [0.25, 0.3) is 5.69 Å². The molecule has 0 saturated heterocycles. The molecule has 0 unspecified atom stereocenters. The molecular formula is C21H14N2O5. The number of rotatable bonds is 5. The van der Waals surface area contributed by atoms with Crippen LogP contribution < -0.4 is 0 Å². The smallest absolute Gasteiger partial charge is 0.335 e. The van der Waals surface area contributed by atoms with Crippen LogP contribution in [0.2, 0.25) is 0 Å². The SMILES string of the molecule is Cc1cc(C(=O)O)ccc1-c1ccc(C=C(C#N)c2ccc([N+](=O)[O-])cc2)o1. The van der Waals surface area contributed by atoms with Crippen LogP contribution in [0.15, 0.2) is 59.0 Å². The van der Waals surface area contributed by atoms with Gasteiger partial charge in [0.15, 0.2) is 0 Å². The molecule has 1 N–H and O–H groups in total. The number of nitro benzene ring substituents is 1. The Labute approximate surface area is 159 Å². The van der Waals surface area contributed by atoms with Crippen molar-refractivity contribution >= 4 is 23.3 Å². The maximum Gasteiger partial charge on any atom is 0.335 e. The van der Waals surface area contributed by atoms with E-state index in [4.69, 9.17) is 9.52 Å². The Kier molecular flexibility index (Phi) is 5.05. The second kappa shape index (κ2) is 7.60. The summed E-state index contributed by atoms with van der Waals surface area (Å²) in [6, 6.07) is 15.9. The molecule has 3 rings (SSSR count). The van der Waals surface area contributed by atoms with Crippen LogP contribution in [0.1, 0.15) is 27.2 Å². The fraction of sp³-hybridized carbons (Fsp3) is 0.0476. The van der Waals surface area contributed by atoms with Crippen molar-refractivity contribution in [3.63, 3.8) is 0 Å². The molecule has 1 aromatic heterocycles. The van der Waals surface area contributed by atoms with Crippen molar-refractivity contribution < 1.29 is 19.2 Å². The fourth-order valence-electron chi connectivity index (χ4n) is 2.73. The third-order valence-electron chi connectivity index (χ3n) is 4.16. The summed E-state index contributed by atoms with van der Waals surface area (Å²) < 4.78 is 5.78. The Hall–Kier alpha value is -4.18. The molecule has 7 nitrogen and oxygen atoms in total. The normalized spacial score (nSPS) is 11.1. The van der Waals surface area contributed by atoms with Gasteiger partial charge in [-0.15, -0.1) is 0 Å². The molecule has 0 atom stereocenters. The molecule has 28 heavy (non-hydrogen) atoms. The Morgan fingerprint density at radius 1 is 1.14 bits per heavy atom. The molecule has 0 saturated carbocycles. The highest BCUT2D eigenvalue weighted by Crippen LogP contribution is 2.28. The van der Waals surface area contributed by atoms with Gasteiger partial charge in [-0.25, -0.2) is 4.79 Å². The van der Waals surface area contributed by atoms with Gasteiger partial charge in [-0.05, 0) is 60.5 Å². The lowest BCUT2D eigenvalue weighted by molar-refractivity contribution is -0.384. The van der Waals surface area contributed by atoms with Gasteiger partial charge in [-0.3, -0.25) is 10.1 Å². The van der Waals surface area contributed by atoms with Gasteiger partial charge < -0.3 is 9.52 Å². The molecule has 2 aromatic carbocycles. The molecule has 0 bridgehead atoms. The minimum absolute atomic E-state index is 0.0541. The van der Waals surface area contributed by atoms with Crippen molar-refractivity contribution in [1.82, 2.24) is 0 Å². The maximum absolute atomic E-state index is 11.1. The van der Waals surface area contributed by atoms with Gasteiger partial charge in [0.2, 0.25) is 0 Å². The van der Waals surface area contributed by atoms with Gasteiger partial charge >= 0.3 is 5.97 Å².